The van der Waals surface area contributed by atoms with Crippen molar-refractivity contribution in [1.29, 1.82) is 15.8 Å². The van der Waals surface area contributed by atoms with Gasteiger partial charge in [-0.1, -0.05) is 91.0 Å². The van der Waals surface area contributed by atoms with Crippen molar-refractivity contribution in [3.63, 3.8) is 0 Å². The number of para-hydroxylation sites is 3. The Labute approximate surface area is 287 Å². The average Bonchev–Trinajstić information content (AvgIpc) is 3.70. The molecule has 0 aliphatic heterocycles. The van der Waals surface area contributed by atoms with Gasteiger partial charge in [0.2, 0.25) is 0 Å². The molecule has 5 nitrogen and oxygen atoms in total. The molecular weight excluding hydrogens is 611 g/mol. The van der Waals surface area contributed by atoms with E-state index in [1.807, 2.05) is 60.7 Å². The fourth-order valence-corrected chi connectivity index (χ4v) is 7.48. The molecule has 0 spiro atoms. The number of benzene rings is 7. The molecule has 7 aromatic carbocycles. The minimum Gasteiger partial charge on any atom is -0.309 e. The minimum absolute atomic E-state index is 0.507. The van der Waals surface area contributed by atoms with Crippen LogP contribution < -0.4 is 0 Å². The lowest BCUT2D eigenvalue weighted by Gasteiger charge is -2.18. The van der Waals surface area contributed by atoms with Gasteiger partial charge in [-0.3, -0.25) is 0 Å². The molecule has 2 heterocycles. The van der Waals surface area contributed by atoms with Crippen molar-refractivity contribution < 1.29 is 0 Å². The molecule has 0 atom stereocenters. The molecule has 0 saturated heterocycles. The van der Waals surface area contributed by atoms with Gasteiger partial charge in [-0.05, 0) is 77.4 Å². The van der Waals surface area contributed by atoms with E-state index in [0.29, 0.717) is 16.7 Å². The summed E-state index contributed by atoms with van der Waals surface area (Å²) < 4.78 is 4.40. The summed E-state index contributed by atoms with van der Waals surface area (Å²) in [5.41, 5.74) is 11.3. The average molecular weight is 636 g/mol. The van der Waals surface area contributed by atoms with Crippen LogP contribution in [0.3, 0.4) is 0 Å². The largest absolute Gasteiger partial charge is 0.309 e. The Morgan fingerprint density at radius 1 is 0.400 bits per heavy atom. The van der Waals surface area contributed by atoms with Crippen LogP contribution in [-0.2, 0) is 0 Å². The first kappa shape index (κ1) is 28.8. The highest BCUT2D eigenvalue weighted by Crippen LogP contribution is 2.42. The van der Waals surface area contributed by atoms with Crippen LogP contribution >= 0.6 is 0 Å². The number of nitrogens with zero attached hydrogens (tertiary/aromatic N) is 5. The maximum absolute atomic E-state index is 10.3. The third kappa shape index (κ3) is 4.31. The van der Waals surface area contributed by atoms with Gasteiger partial charge in [0.05, 0.1) is 56.6 Å². The maximum atomic E-state index is 10.3. The lowest BCUT2D eigenvalue weighted by Crippen LogP contribution is -2.00. The van der Waals surface area contributed by atoms with Gasteiger partial charge in [-0.15, -0.1) is 0 Å². The number of nitriles is 3. The van der Waals surface area contributed by atoms with Crippen LogP contribution in [0.1, 0.15) is 16.7 Å². The van der Waals surface area contributed by atoms with Gasteiger partial charge in [0, 0.05) is 32.8 Å². The summed E-state index contributed by atoms with van der Waals surface area (Å²) in [5, 5.41) is 34.2. The van der Waals surface area contributed by atoms with Crippen molar-refractivity contribution in [2.24, 2.45) is 0 Å². The van der Waals surface area contributed by atoms with Gasteiger partial charge in [0.15, 0.2) is 0 Å². The monoisotopic (exact) mass is 635 g/mol. The summed E-state index contributed by atoms with van der Waals surface area (Å²) in [6.07, 6.45) is 0. The molecule has 0 unspecified atom stereocenters. The van der Waals surface area contributed by atoms with Crippen LogP contribution in [-0.4, -0.2) is 9.13 Å². The Morgan fingerprint density at radius 2 is 1.02 bits per heavy atom. The van der Waals surface area contributed by atoms with Crippen molar-refractivity contribution in [3.05, 3.63) is 168 Å². The third-order valence-corrected chi connectivity index (χ3v) is 9.62. The molecule has 230 valence electrons. The number of aromatic nitrogens is 2. The minimum atomic E-state index is 0.507. The van der Waals surface area contributed by atoms with E-state index < -0.39 is 0 Å². The van der Waals surface area contributed by atoms with E-state index in [1.165, 1.54) is 10.8 Å². The zero-order chi connectivity index (χ0) is 33.8. The summed E-state index contributed by atoms with van der Waals surface area (Å²) in [6, 6.07) is 57.9. The second-order valence-electron chi connectivity index (χ2n) is 12.3. The van der Waals surface area contributed by atoms with Crippen LogP contribution in [0.15, 0.2) is 152 Å². The lowest BCUT2D eigenvalue weighted by molar-refractivity contribution is 1.17. The molecule has 0 saturated carbocycles. The van der Waals surface area contributed by atoms with Gasteiger partial charge in [-0.2, -0.15) is 15.8 Å². The Balaban J connectivity index is 1.31. The van der Waals surface area contributed by atoms with E-state index in [4.69, 9.17) is 0 Å². The van der Waals surface area contributed by atoms with E-state index in [2.05, 4.69) is 112 Å². The van der Waals surface area contributed by atoms with Crippen LogP contribution in [0.4, 0.5) is 0 Å². The van der Waals surface area contributed by atoms with Crippen molar-refractivity contribution in [1.82, 2.24) is 9.13 Å². The van der Waals surface area contributed by atoms with Crippen molar-refractivity contribution in [3.8, 4) is 51.8 Å². The molecule has 50 heavy (non-hydrogen) atoms. The molecule has 0 aliphatic carbocycles. The van der Waals surface area contributed by atoms with Crippen molar-refractivity contribution in [2.45, 2.75) is 0 Å². The van der Waals surface area contributed by atoms with E-state index in [1.54, 1.807) is 6.07 Å². The first-order valence-electron chi connectivity index (χ1n) is 16.3. The third-order valence-electron chi connectivity index (χ3n) is 9.62. The van der Waals surface area contributed by atoms with Crippen molar-refractivity contribution >= 4 is 43.6 Å². The number of rotatable bonds is 4. The zero-order valence-corrected chi connectivity index (χ0v) is 26.7. The Bertz CT molecular complexity index is 2920. The fraction of sp³-hybridized carbons (Fsp3) is 0. The summed E-state index contributed by atoms with van der Waals surface area (Å²) in [5.74, 6) is 0. The molecule has 0 bridgehead atoms. The van der Waals surface area contributed by atoms with Crippen molar-refractivity contribution in [2.75, 3.05) is 0 Å². The zero-order valence-electron chi connectivity index (χ0n) is 26.7. The molecule has 2 aromatic heterocycles. The highest BCUT2D eigenvalue weighted by molar-refractivity contribution is 6.12. The predicted molar refractivity (Wildman–Crippen MR) is 200 cm³/mol. The number of hydrogen-bond donors (Lipinski definition) is 0. The smallest absolute Gasteiger partial charge is 0.101 e. The number of fused-ring (bicyclic) bond motifs is 6. The van der Waals surface area contributed by atoms with Crippen LogP contribution in [0.2, 0.25) is 0 Å². The molecule has 5 heteroatoms. The van der Waals surface area contributed by atoms with Crippen LogP contribution in [0, 0.1) is 34.0 Å². The van der Waals surface area contributed by atoms with Crippen LogP contribution in [0.25, 0.3) is 77.2 Å². The maximum Gasteiger partial charge on any atom is 0.101 e. The molecule has 9 aromatic rings. The summed E-state index contributed by atoms with van der Waals surface area (Å²) >= 11 is 0. The standard InChI is InChI=1S/C45H25N5/c46-26-29-20-22-43-40(23-29)39-16-8-10-32(28-48)45(39)50(43)44-24-30(27-47)19-21-38(44)35-13-2-1-12-34(35)31-9-7-11-33(25-31)49-41-17-5-3-14-36(41)37-15-4-6-18-42(37)49/h1-25H. The SMILES string of the molecule is N#Cc1ccc(-c2ccccc2-c2cccc(-n3c4ccccc4c4ccccc43)c2)c(-n2c3ccc(C#N)cc3c3cccc(C#N)c32)c1. The second-order valence-corrected chi connectivity index (χ2v) is 12.3. The summed E-state index contributed by atoms with van der Waals surface area (Å²) in [7, 11) is 0. The van der Waals surface area contributed by atoms with Crippen LogP contribution in [0.5, 0.6) is 0 Å². The highest BCUT2D eigenvalue weighted by atomic mass is 15.0. The second kappa shape index (κ2) is 11.4. The van der Waals surface area contributed by atoms with Gasteiger partial charge in [0.1, 0.15) is 6.07 Å². The van der Waals surface area contributed by atoms with E-state index >= 15 is 0 Å². The number of hydrogen-bond acceptors (Lipinski definition) is 3. The quantitative estimate of drug-likeness (QED) is 0.193. The molecule has 0 N–H and O–H groups in total. The highest BCUT2D eigenvalue weighted by Gasteiger charge is 2.21. The fourth-order valence-electron chi connectivity index (χ4n) is 7.48. The van der Waals surface area contributed by atoms with E-state index in [0.717, 1.165) is 66.5 Å². The first-order chi connectivity index (χ1) is 24.7. The topological polar surface area (TPSA) is 81.2 Å². The molecule has 0 amide bonds. The Morgan fingerprint density at radius 3 is 1.76 bits per heavy atom. The summed E-state index contributed by atoms with van der Waals surface area (Å²) in [6.45, 7) is 0. The molecule has 9 rings (SSSR count). The van der Waals surface area contributed by atoms with Gasteiger partial charge < -0.3 is 9.13 Å². The normalized spacial score (nSPS) is 11.1. The van der Waals surface area contributed by atoms with E-state index in [9.17, 15) is 15.8 Å². The molecule has 0 radical (unpaired) electrons. The van der Waals surface area contributed by atoms with Gasteiger partial charge in [-0.25, -0.2) is 0 Å². The Hall–Kier alpha value is -7.39. The Kier molecular flexibility index (Phi) is 6.56. The van der Waals surface area contributed by atoms with E-state index in [-0.39, 0.29) is 0 Å². The lowest BCUT2D eigenvalue weighted by atomic mass is 9.92. The first-order valence-corrected chi connectivity index (χ1v) is 16.3. The molecule has 0 fully saturated rings. The molecular formula is C45H25N5. The van der Waals surface area contributed by atoms with Gasteiger partial charge >= 0.3 is 0 Å². The summed E-state index contributed by atoms with van der Waals surface area (Å²) in [4.78, 5) is 0. The molecule has 0 aliphatic rings. The van der Waals surface area contributed by atoms with Gasteiger partial charge in [0.25, 0.3) is 0 Å². The predicted octanol–water partition coefficient (Wildman–Crippen LogP) is 10.8.